The molecule has 28 heavy (non-hydrogen) atoms. The molecule has 1 aromatic heterocycles. The molecule has 2 aliphatic heterocycles. The molecule has 1 aromatic carbocycles. The molecule has 8 heteroatoms. The van der Waals surface area contributed by atoms with E-state index < -0.39 is 0 Å². The number of likely N-dealkylation sites (N-methyl/N-ethyl adjacent to an activating group) is 1. The van der Waals surface area contributed by atoms with E-state index in [1.54, 1.807) is 24.5 Å². The zero-order valence-corrected chi connectivity index (χ0v) is 16.4. The molecule has 2 aliphatic rings. The van der Waals surface area contributed by atoms with Gasteiger partial charge in [-0.1, -0.05) is 0 Å². The van der Waals surface area contributed by atoms with E-state index in [9.17, 15) is 4.39 Å². The lowest BCUT2D eigenvalue weighted by molar-refractivity contribution is 0.122. The molecule has 0 bridgehead atoms. The molecule has 7 nitrogen and oxygen atoms in total. The molecular formula is C20H27FN6O. The van der Waals surface area contributed by atoms with Crippen molar-refractivity contribution in [1.29, 1.82) is 0 Å². The van der Waals surface area contributed by atoms with Gasteiger partial charge < -0.3 is 25.2 Å². The van der Waals surface area contributed by atoms with E-state index in [2.05, 4.69) is 38.6 Å². The number of piperazine rings is 1. The number of ether oxygens (including phenoxy) is 1. The highest BCUT2D eigenvalue weighted by Crippen LogP contribution is 2.33. The number of aromatic nitrogens is 2. The fourth-order valence-corrected chi connectivity index (χ4v) is 3.73. The average molecular weight is 386 g/mol. The zero-order chi connectivity index (χ0) is 19.7. The first-order chi connectivity index (χ1) is 13.5. The lowest BCUT2D eigenvalue weighted by atomic mass is 10.0. The molecule has 0 spiro atoms. The summed E-state index contributed by atoms with van der Waals surface area (Å²) >= 11 is 0. The van der Waals surface area contributed by atoms with Gasteiger partial charge in [0.1, 0.15) is 5.82 Å². The Kier molecular flexibility index (Phi) is 5.32. The topological polar surface area (TPSA) is 70.8 Å². The molecule has 4 rings (SSSR count). The smallest absolute Gasteiger partial charge is 0.225 e. The SMILES string of the molecule is C[C@@H]1CN(c2cc(F)c(-c3cnc(N4CCOCC4)nc3)cc2N)CCN1C. The number of anilines is 3. The third-order valence-corrected chi connectivity index (χ3v) is 5.66. The van der Waals surface area contributed by atoms with Crippen LogP contribution in [0.15, 0.2) is 24.5 Å². The van der Waals surface area contributed by atoms with E-state index in [1.807, 2.05) is 0 Å². The van der Waals surface area contributed by atoms with Crippen LogP contribution in [0.4, 0.5) is 21.7 Å². The summed E-state index contributed by atoms with van der Waals surface area (Å²) in [5.74, 6) is 0.335. The van der Waals surface area contributed by atoms with Gasteiger partial charge in [0.25, 0.3) is 0 Å². The molecule has 0 radical (unpaired) electrons. The van der Waals surface area contributed by atoms with Crippen molar-refractivity contribution < 1.29 is 9.13 Å². The molecule has 0 unspecified atom stereocenters. The Labute approximate surface area is 164 Å². The summed E-state index contributed by atoms with van der Waals surface area (Å²) in [6.07, 6.45) is 3.32. The molecule has 0 amide bonds. The monoisotopic (exact) mass is 386 g/mol. The van der Waals surface area contributed by atoms with Crippen LogP contribution in [0.2, 0.25) is 0 Å². The number of hydrogen-bond acceptors (Lipinski definition) is 7. The third kappa shape index (κ3) is 3.74. The highest BCUT2D eigenvalue weighted by atomic mass is 19.1. The van der Waals surface area contributed by atoms with Gasteiger partial charge in [0, 0.05) is 62.3 Å². The van der Waals surface area contributed by atoms with Crippen LogP contribution in [0, 0.1) is 5.82 Å². The zero-order valence-electron chi connectivity index (χ0n) is 16.4. The summed E-state index contributed by atoms with van der Waals surface area (Å²) in [5.41, 5.74) is 8.68. The van der Waals surface area contributed by atoms with Crippen molar-refractivity contribution in [2.45, 2.75) is 13.0 Å². The number of rotatable bonds is 3. The van der Waals surface area contributed by atoms with Crippen molar-refractivity contribution in [1.82, 2.24) is 14.9 Å². The van der Waals surface area contributed by atoms with Crippen LogP contribution >= 0.6 is 0 Å². The lowest BCUT2D eigenvalue weighted by Crippen LogP contribution is -2.50. The Morgan fingerprint density at radius 1 is 1.07 bits per heavy atom. The minimum absolute atomic E-state index is 0.307. The van der Waals surface area contributed by atoms with Crippen LogP contribution < -0.4 is 15.5 Å². The number of benzene rings is 1. The van der Waals surface area contributed by atoms with Gasteiger partial charge in [0.15, 0.2) is 0 Å². The molecule has 0 saturated carbocycles. The van der Waals surface area contributed by atoms with E-state index in [-0.39, 0.29) is 5.82 Å². The van der Waals surface area contributed by atoms with Gasteiger partial charge in [-0.2, -0.15) is 0 Å². The van der Waals surface area contributed by atoms with Gasteiger partial charge in [-0.25, -0.2) is 14.4 Å². The standard InChI is InChI=1S/C20H27FN6O/c1-14-13-27(4-3-25(14)2)19-10-17(21)16(9-18(19)22)15-11-23-20(24-12-15)26-5-7-28-8-6-26/h9-12,14H,3-8,13,22H2,1-2H3/t14-/m1/s1. The Balaban J connectivity index is 1.56. The summed E-state index contributed by atoms with van der Waals surface area (Å²) in [6, 6.07) is 3.64. The molecule has 3 heterocycles. The average Bonchev–Trinajstić information content (AvgIpc) is 2.72. The van der Waals surface area contributed by atoms with E-state index in [1.165, 1.54) is 0 Å². The van der Waals surface area contributed by atoms with Crippen molar-refractivity contribution in [3.8, 4) is 11.1 Å². The quantitative estimate of drug-likeness (QED) is 0.807. The van der Waals surface area contributed by atoms with Gasteiger partial charge in [0.2, 0.25) is 5.95 Å². The predicted molar refractivity (Wildman–Crippen MR) is 109 cm³/mol. The molecule has 150 valence electrons. The number of halogens is 1. The second-order valence-corrected chi connectivity index (χ2v) is 7.54. The van der Waals surface area contributed by atoms with Crippen molar-refractivity contribution in [3.05, 3.63) is 30.3 Å². The molecule has 2 fully saturated rings. The van der Waals surface area contributed by atoms with Gasteiger partial charge in [-0.05, 0) is 26.1 Å². The second-order valence-electron chi connectivity index (χ2n) is 7.54. The maximum Gasteiger partial charge on any atom is 0.225 e. The Morgan fingerprint density at radius 2 is 1.79 bits per heavy atom. The van der Waals surface area contributed by atoms with E-state index in [4.69, 9.17) is 10.5 Å². The molecular weight excluding hydrogens is 359 g/mol. The summed E-state index contributed by atoms with van der Waals surface area (Å²) in [5, 5.41) is 0. The summed E-state index contributed by atoms with van der Waals surface area (Å²) < 4.78 is 20.3. The number of morpholine rings is 1. The molecule has 1 atom stereocenters. The van der Waals surface area contributed by atoms with Crippen LogP contribution in [0.3, 0.4) is 0 Å². The van der Waals surface area contributed by atoms with Gasteiger partial charge >= 0.3 is 0 Å². The first kappa shape index (κ1) is 18.9. The van der Waals surface area contributed by atoms with Crippen molar-refractivity contribution in [2.75, 3.05) is 68.5 Å². The first-order valence-electron chi connectivity index (χ1n) is 9.72. The predicted octanol–water partition coefficient (Wildman–Crippen LogP) is 1.84. The van der Waals surface area contributed by atoms with Crippen LogP contribution in [0.5, 0.6) is 0 Å². The highest BCUT2D eigenvalue weighted by Gasteiger charge is 2.23. The fraction of sp³-hybridized carbons (Fsp3) is 0.500. The summed E-state index contributed by atoms with van der Waals surface area (Å²) in [4.78, 5) is 15.4. The maximum absolute atomic E-state index is 14.9. The van der Waals surface area contributed by atoms with Crippen LogP contribution in [-0.4, -0.2) is 73.9 Å². The Morgan fingerprint density at radius 3 is 2.46 bits per heavy atom. The summed E-state index contributed by atoms with van der Waals surface area (Å²) in [7, 11) is 2.11. The molecule has 2 aromatic rings. The number of nitrogens with zero attached hydrogens (tertiary/aromatic N) is 5. The highest BCUT2D eigenvalue weighted by molar-refractivity contribution is 5.77. The largest absolute Gasteiger partial charge is 0.397 e. The Hall–Kier alpha value is -2.45. The van der Waals surface area contributed by atoms with Crippen molar-refractivity contribution >= 4 is 17.3 Å². The number of nitrogens with two attached hydrogens (primary N) is 1. The number of nitrogen functional groups attached to an aromatic ring is 1. The van der Waals surface area contributed by atoms with Crippen molar-refractivity contribution in [3.63, 3.8) is 0 Å². The van der Waals surface area contributed by atoms with E-state index in [0.29, 0.717) is 42.0 Å². The Bertz CT molecular complexity index is 824. The second kappa shape index (κ2) is 7.89. The lowest BCUT2D eigenvalue weighted by Gasteiger charge is -2.39. The molecule has 0 aliphatic carbocycles. The van der Waals surface area contributed by atoms with E-state index in [0.717, 1.165) is 38.4 Å². The normalized spacial score (nSPS) is 21.2. The fourth-order valence-electron chi connectivity index (χ4n) is 3.73. The minimum atomic E-state index is -0.307. The minimum Gasteiger partial charge on any atom is -0.397 e. The van der Waals surface area contributed by atoms with Crippen LogP contribution in [-0.2, 0) is 4.74 Å². The van der Waals surface area contributed by atoms with Crippen molar-refractivity contribution in [2.24, 2.45) is 0 Å². The van der Waals surface area contributed by atoms with Crippen LogP contribution in [0.1, 0.15) is 6.92 Å². The maximum atomic E-state index is 14.9. The van der Waals surface area contributed by atoms with E-state index >= 15 is 0 Å². The molecule has 2 saturated heterocycles. The summed E-state index contributed by atoms with van der Waals surface area (Å²) in [6.45, 7) is 7.63. The van der Waals surface area contributed by atoms with Gasteiger partial charge in [0.05, 0.1) is 24.6 Å². The third-order valence-electron chi connectivity index (χ3n) is 5.66. The number of hydrogen-bond donors (Lipinski definition) is 1. The van der Waals surface area contributed by atoms with Gasteiger partial charge in [-0.3, -0.25) is 0 Å². The van der Waals surface area contributed by atoms with Gasteiger partial charge in [-0.15, -0.1) is 0 Å². The first-order valence-corrected chi connectivity index (χ1v) is 9.72. The molecule has 2 N–H and O–H groups in total. The van der Waals surface area contributed by atoms with Crippen LogP contribution in [0.25, 0.3) is 11.1 Å².